The minimum absolute atomic E-state index is 0.798. The van der Waals surface area contributed by atoms with E-state index < -0.39 is 0 Å². The molecule has 1 N–H and O–H groups in total. The Morgan fingerprint density at radius 1 is 1.04 bits per heavy atom. The van der Waals surface area contributed by atoms with Crippen LogP contribution in [0.5, 0.6) is 0 Å². The van der Waals surface area contributed by atoms with Gasteiger partial charge in [0.1, 0.15) is 5.65 Å². The lowest BCUT2D eigenvalue weighted by molar-refractivity contribution is 0.122. The second-order valence-corrected chi connectivity index (χ2v) is 6.84. The molecule has 0 amide bonds. The van der Waals surface area contributed by atoms with Crippen molar-refractivity contribution in [3.63, 3.8) is 0 Å². The zero-order valence-electron chi connectivity index (χ0n) is 15.2. The van der Waals surface area contributed by atoms with Gasteiger partial charge in [0.15, 0.2) is 0 Å². The number of morpholine rings is 1. The number of fused-ring (bicyclic) bond motifs is 1. The number of anilines is 1. The number of hydrogen-bond donors (Lipinski definition) is 1. The molecular formula is C21H21N5O. The van der Waals surface area contributed by atoms with Crippen LogP contribution in [0.4, 0.5) is 5.69 Å². The lowest BCUT2D eigenvalue weighted by Gasteiger charge is -2.28. The fraction of sp³-hybridized carbons (Fsp3) is 0.238. The first kappa shape index (κ1) is 16.1. The number of pyridine rings is 1. The van der Waals surface area contributed by atoms with E-state index in [0.29, 0.717) is 0 Å². The maximum absolute atomic E-state index is 5.44. The molecule has 0 bridgehead atoms. The van der Waals surface area contributed by atoms with Crippen molar-refractivity contribution in [2.45, 2.75) is 0 Å². The van der Waals surface area contributed by atoms with Gasteiger partial charge in [0.25, 0.3) is 0 Å². The van der Waals surface area contributed by atoms with Crippen LogP contribution in [0.2, 0.25) is 0 Å². The average Bonchev–Trinajstić information content (AvgIpc) is 3.34. The topological polar surface area (TPSA) is 59.0 Å². The van der Waals surface area contributed by atoms with Crippen molar-refractivity contribution < 1.29 is 4.74 Å². The molecule has 1 aliphatic rings. The molecule has 0 aliphatic carbocycles. The summed E-state index contributed by atoms with van der Waals surface area (Å²) in [6, 6.07) is 12.9. The maximum Gasteiger partial charge on any atom is 0.137 e. The molecule has 3 aromatic heterocycles. The normalized spacial score (nSPS) is 14.8. The number of H-pyrrole nitrogens is 1. The van der Waals surface area contributed by atoms with E-state index in [2.05, 4.69) is 50.3 Å². The molecule has 5 rings (SSSR count). The third-order valence-electron chi connectivity index (χ3n) is 5.10. The lowest BCUT2D eigenvalue weighted by atomic mass is 10.0. The summed E-state index contributed by atoms with van der Waals surface area (Å²) in [7, 11) is 1.93. The third-order valence-corrected chi connectivity index (χ3v) is 5.10. The van der Waals surface area contributed by atoms with Gasteiger partial charge in [0, 0.05) is 60.9 Å². The Bertz CT molecular complexity index is 1070. The molecule has 0 unspecified atom stereocenters. The van der Waals surface area contributed by atoms with Gasteiger partial charge in [0.05, 0.1) is 18.9 Å². The second kappa shape index (κ2) is 6.55. The van der Waals surface area contributed by atoms with Crippen LogP contribution in [0.3, 0.4) is 0 Å². The molecule has 0 atom stereocenters. The van der Waals surface area contributed by atoms with Crippen LogP contribution in [0.15, 0.2) is 55.0 Å². The van der Waals surface area contributed by atoms with Crippen molar-refractivity contribution in [2.75, 3.05) is 31.2 Å². The van der Waals surface area contributed by atoms with E-state index in [4.69, 9.17) is 4.74 Å². The first-order valence-corrected chi connectivity index (χ1v) is 9.18. The van der Waals surface area contributed by atoms with Crippen molar-refractivity contribution in [2.24, 2.45) is 7.05 Å². The van der Waals surface area contributed by atoms with Gasteiger partial charge in [-0.15, -0.1) is 0 Å². The van der Waals surface area contributed by atoms with Crippen LogP contribution in [-0.4, -0.2) is 46.1 Å². The van der Waals surface area contributed by atoms with Gasteiger partial charge in [0.2, 0.25) is 0 Å². The molecular weight excluding hydrogens is 338 g/mol. The summed E-state index contributed by atoms with van der Waals surface area (Å²) in [5.41, 5.74) is 6.41. The predicted octanol–water partition coefficient (Wildman–Crippen LogP) is 3.47. The molecule has 4 heterocycles. The van der Waals surface area contributed by atoms with Gasteiger partial charge >= 0.3 is 0 Å². The number of nitrogens with zero attached hydrogens (tertiary/aromatic N) is 4. The number of hydrogen-bond acceptors (Lipinski definition) is 4. The summed E-state index contributed by atoms with van der Waals surface area (Å²) >= 11 is 0. The fourth-order valence-corrected chi connectivity index (χ4v) is 3.62. The molecule has 27 heavy (non-hydrogen) atoms. The molecule has 1 aromatic carbocycles. The summed E-state index contributed by atoms with van der Waals surface area (Å²) in [6.07, 6.45) is 5.85. The number of aromatic nitrogens is 4. The monoisotopic (exact) mass is 359 g/mol. The molecule has 6 nitrogen and oxygen atoms in total. The van der Waals surface area contributed by atoms with Gasteiger partial charge in [-0.1, -0.05) is 12.1 Å². The Morgan fingerprint density at radius 2 is 1.85 bits per heavy atom. The van der Waals surface area contributed by atoms with E-state index in [-0.39, 0.29) is 0 Å². The van der Waals surface area contributed by atoms with E-state index in [0.717, 1.165) is 59.7 Å². The third kappa shape index (κ3) is 2.98. The quantitative estimate of drug-likeness (QED) is 0.608. The Kier molecular flexibility index (Phi) is 3.90. The predicted molar refractivity (Wildman–Crippen MR) is 107 cm³/mol. The number of rotatable bonds is 3. The van der Waals surface area contributed by atoms with Gasteiger partial charge in [-0.05, 0) is 29.8 Å². The number of nitrogens with one attached hydrogen (secondary N) is 1. The Labute approximate surface area is 157 Å². The summed E-state index contributed by atoms with van der Waals surface area (Å²) in [6.45, 7) is 3.49. The Hall–Kier alpha value is -3.12. The molecule has 0 saturated carbocycles. The Morgan fingerprint density at radius 3 is 2.59 bits per heavy atom. The van der Waals surface area contributed by atoms with Crippen molar-refractivity contribution in [1.29, 1.82) is 0 Å². The molecule has 1 saturated heterocycles. The molecule has 1 fully saturated rings. The lowest BCUT2D eigenvalue weighted by Crippen LogP contribution is -2.36. The van der Waals surface area contributed by atoms with Gasteiger partial charge < -0.3 is 14.6 Å². The first-order chi connectivity index (χ1) is 13.3. The molecule has 4 aromatic rings. The van der Waals surface area contributed by atoms with Gasteiger partial charge in [-0.2, -0.15) is 5.10 Å². The molecule has 6 heteroatoms. The van der Waals surface area contributed by atoms with E-state index in [9.17, 15) is 0 Å². The smallest absolute Gasteiger partial charge is 0.137 e. The van der Waals surface area contributed by atoms with Crippen molar-refractivity contribution >= 4 is 16.7 Å². The van der Waals surface area contributed by atoms with Crippen LogP contribution in [0, 0.1) is 0 Å². The van der Waals surface area contributed by atoms with E-state index in [1.807, 2.05) is 36.4 Å². The van der Waals surface area contributed by atoms with Gasteiger partial charge in [-0.3, -0.25) is 4.68 Å². The minimum Gasteiger partial charge on any atom is -0.378 e. The van der Waals surface area contributed by atoms with Crippen molar-refractivity contribution in [3.05, 3.63) is 55.0 Å². The van der Waals surface area contributed by atoms with E-state index in [1.54, 1.807) is 0 Å². The van der Waals surface area contributed by atoms with Crippen LogP contribution in [0.1, 0.15) is 0 Å². The molecule has 136 valence electrons. The minimum atomic E-state index is 0.798. The highest BCUT2D eigenvalue weighted by molar-refractivity contribution is 5.94. The van der Waals surface area contributed by atoms with Crippen molar-refractivity contribution in [3.8, 4) is 22.4 Å². The highest BCUT2D eigenvalue weighted by Crippen LogP contribution is 2.30. The summed E-state index contributed by atoms with van der Waals surface area (Å²) in [4.78, 5) is 10.2. The average molecular weight is 359 g/mol. The molecule has 0 radical (unpaired) electrons. The Balaban J connectivity index is 1.49. The largest absolute Gasteiger partial charge is 0.378 e. The zero-order chi connectivity index (χ0) is 18.2. The van der Waals surface area contributed by atoms with E-state index in [1.165, 1.54) is 5.69 Å². The maximum atomic E-state index is 5.44. The first-order valence-electron chi connectivity index (χ1n) is 9.18. The highest BCUT2D eigenvalue weighted by atomic mass is 16.5. The van der Waals surface area contributed by atoms with E-state index >= 15 is 0 Å². The fourth-order valence-electron chi connectivity index (χ4n) is 3.62. The number of benzene rings is 1. The standard InChI is InChI=1S/C21H21N5O/c1-25-7-6-20(24-25)19-14-23-21-18(19)12-16(13-22-21)15-2-4-17(5-3-15)26-8-10-27-11-9-26/h2-7,12-14H,8-11H2,1H3,(H,22,23). The summed E-state index contributed by atoms with van der Waals surface area (Å²) in [5.74, 6) is 0. The second-order valence-electron chi connectivity index (χ2n) is 6.84. The zero-order valence-corrected chi connectivity index (χ0v) is 15.2. The number of aryl methyl sites for hydroxylation is 1. The highest BCUT2D eigenvalue weighted by Gasteiger charge is 2.13. The number of ether oxygens (including phenoxy) is 1. The van der Waals surface area contributed by atoms with Crippen LogP contribution >= 0.6 is 0 Å². The van der Waals surface area contributed by atoms with Gasteiger partial charge in [-0.25, -0.2) is 4.98 Å². The van der Waals surface area contributed by atoms with Crippen LogP contribution in [-0.2, 0) is 11.8 Å². The van der Waals surface area contributed by atoms with Crippen molar-refractivity contribution in [1.82, 2.24) is 19.7 Å². The van der Waals surface area contributed by atoms with Crippen LogP contribution < -0.4 is 4.90 Å². The SMILES string of the molecule is Cn1ccc(-c2c[nH]c3ncc(-c4ccc(N5CCOCC5)cc4)cc23)n1. The molecule has 1 aliphatic heterocycles. The summed E-state index contributed by atoms with van der Waals surface area (Å²) < 4.78 is 7.25. The van der Waals surface area contributed by atoms with Crippen LogP contribution in [0.25, 0.3) is 33.4 Å². The number of aromatic amines is 1. The molecule has 0 spiro atoms. The summed E-state index contributed by atoms with van der Waals surface area (Å²) in [5, 5.41) is 5.61.